The molecule has 2 N–H and O–H groups in total. The first kappa shape index (κ1) is 27.4. The van der Waals surface area contributed by atoms with Gasteiger partial charge < -0.3 is 20.1 Å². The van der Waals surface area contributed by atoms with Gasteiger partial charge in [-0.25, -0.2) is 4.98 Å². The molecule has 10 nitrogen and oxygen atoms in total. The zero-order chi connectivity index (χ0) is 28.4. The van der Waals surface area contributed by atoms with Crippen LogP contribution >= 0.6 is 23.2 Å². The third-order valence-corrected chi connectivity index (χ3v) is 7.40. The minimum Gasteiger partial charge on any atom is -0.499 e. The van der Waals surface area contributed by atoms with Gasteiger partial charge in [0.15, 0.2) is 17.0 Å². The van der Waals surface area contributed by atoms with Crippen LogP contribution in [0.1, 0.15) is 17.0 Å². The van der Waals surface area contributed by atoms with E-state index in [0.29, 0.717) is 75.3 Å². The number of halogens is 2. The van der Waals surface area contributed by atoms with Crippen LogP contribution in [0.5, 0.6) is 0 Å². The second kappa shape index (κ2) is 11.5. The van der Waals surface area contributed by atoms with Gasteiger partial charge in [0, 0.05) is 48.1 Å². The number of fused-ring (bicyclic) bond motifs is 3. The standard InChI is InChI=1S/C28H27Cl2N7O3/c1-5-22(38)33-17-9-6-15(7-10-17)8-11-21-34-27-18(23-24(29)19(39-3)13-20(40-4)25(23)30)12-16-14-32-28(31-2)35-26(16)37(27)36-21/h5-7,9-10,12-13,24H,1,8,11,14H2,2-4H3,(H,31,32)(H,33,38). The Bertz CT molecular complexity index is 1720. The number of nitrogens with one attached hydrogen (secondary N) is 2. The minimum absolute atomic E-state index is 0.256. The fourth-order valence-corrected chi connectivity index (χ4v) is 5.31. The van der Waals surface area contributed by atoms with E-state index >= 15 is 0 Å². The lowest BCUT2D eigenvalue weighted by Gasteiger charge is -2.23. The Balaban J connectivity index is 1.62. The van der Waals surface area contributed by atoms with Gasteiger partial charge in [0.25, 0.3) is 0 Å². The van der Waals surface area contributed by atoms with E-state index in [1.54, 1.807) is 31.9 Å². The van der Waals surface area contributed by atoms with Crippen molar-refractivity contribution in [2.75, 3.05) is 26.6 Å². The van der Waals surface area contributed by atoms with E-state index in [1.165, 1.54) is 6.08 Å². The number of pyridine rings is 1. The first-order valence-electron chi connectivity index (χ1n) is 12.4. The third kappa shape index (κ3) is 5.20. The van der Waals surface area contributed by atoms with E-state index in [-0.39, 0.29) is 5.91 Å². The van der Waals surface area contributed by atoms with Crippen molar-refractivity contribution in [2.24, 2.45) is 9.98 Å². The lowest BCUT2D eigenvalue weighted by Crippen LogP contribution is -2.38. The van der Waals surface area contributed by atoms with Gasteiger partial charge >= 0.3 is 0 Å². The number of rotatable bonds is 7. The van der Waals surface area contributed by atoms with Crippen LogP contribution in [0.4, 0.5) is 5.69 Å². The maximum absolute atomic E-state index is 11.6. The Morgan fingerprint density at radius 2 is 2.05 bits per heavy atom. The molecule has 3 aromatic rings. The minimum atomic E-state index is -0.667. The molecule has 0 spiro atoms. The zero-order valence-corrected chi connectivity index (χ0v) is 23.7. The summed E-state index contributed by atoms with van der Waals surface area (Å²) in [5.74, 6) is 1.82. The van der Waals surface area contributed by atoms with Gasteiger partial charge in [0.1, 0.15) is 16.9 Å². The van der Waals surface area contributed by atoms with Crippen LogP contribution in [0.2, 0.25) is 0 Å². The molecule has 2 aliphatic rings. The zero-order valence-electron chi connectivity index (χ0n) is 22.2. The van der Waals surface area contributed by atoms with Crippen molar-refractivity contribution in [3.63, 3.8) is 0 Å². The van der Waals surface area contributed by atoms with Crippen LogP contribution in [0.3, 0.4) is 0 Å². The molecular formula is C28H27Cl2N7O3. The van der Waals surface area contributed by atoms with Crippen LogP contribution in [0.15, 0.2) is 75.6 Å². The van der Waals surface area contributed by atoms with Gasteiger partial charge in [-0.2, -0.15) is 9.51 Å². The summed E-state index contributed by atoms with van der Waals surface area (Å²) >= 11 is 13.7. The molecule has 1 aromatic carbocycles. The number of hydrogen-bond acceptors (Lipinski definition) is 6. The van der Waals surface area contributed by atoms with Crippen LogP contribution in [0, 0.1) is 0 Å². The molecule has 0 saturated carbocycles. The maximum Gasteiger partial charge on any atom is 0.247 e. The summed E-state index contributed by atoms with van der Waals surface area (Å²) in [7, 11) is 4.77. The van der Waals surface area contributed by atoms with Crippen LogP contribution in [-0.2, 0) is 33.7 Å². The quantitative estimate of drug-likeness (QED) is 0.328. The molecule has 2 aromatic heterocycles. The number of aliphatic imine (C=N–C) groups is 1. The lowest BCUT2D eigenvalue weighted by molar-refractivity contribution is -0.111. The number of amides is 1. The highest BCUT2D eigenvalue weighted by Gasteiger charge is 2.30. The average Bonchev–Trinajstić information content (AvgIpc) is 3.41. The van der Waals surface area contributed by atoms with Crippen molar-refractivity contribution in [1.82, 2.24) is 19.9 Å². The number of alkyl halides is 1. The lowest BCUT2D eigenvalue weighted by atomic mass is 10.0. The van der Waals surface area contributed by atoms with Gasteiger partial charge in [0.2, 0.25) is 11.9 Å². The van der Waals surface area contributed by atoms with Crippen molar-refractivity contribution in [2.45, 2.75) is 24.8 Å². The number of ether oxygens (including phenoxy) is 2. The predicted octanol–water partition coefficient (Wildman–Crippen LogP) is 2.75. The molecule has 0 bridgehead atoms. The van der Waals surface area contributed by atoms with E-state index in [9.17, 15) is 4.79 Å². The summed E-state index contributed by atoms with van der Waals surface area (Å²) in [5, 5.41) is 11.2. The van der Waals surface area contributed by atoms with Gasteiger partial charge in [-0.05, 0) is 36.3 Å². The fourth-order valence-electron chi connectivity index (χ4n) is 4.53. The van der Waals surface area contributed by atoms with E-state index in [4.69, 9.17) is 42.8 Å². The van der Waals surface area contributed by atoms with E-state index < -0.39 is 5.38 Å². The van der Waals surface area contributed by atoms with Gasteiger partial charge in [0.05, 0.1) is 19.3 Å². The number of anilines is 1. The maximum atomic E-state index is 11.6. The monoisotopic (exact) mass is 579 g/mol. The molecule has 0 radical (unpaired) electrons. The van der Waals surface area contributed by atoms with Crippen molar-refractivity contribution in [3.05, 3.63) is 93.3 Å². The summed E-state index contributed by atoms with van der Waals surface area (Å²) in [4.78, 5) is 25.3. The highest BCUT2D eigenvalue weighted by molar-refractivity contribution is 6.41. The van der Waals surface area contributed by atoms with E-state index in [2.05, 4.69) is 27.2 Å². The Labute approximate surface area is 240 Å². The summed E-state index contributed by atoms with van der Waals surface area (Å²) in [6, 6.07) is 9.59. The van der Waals surface area contributed by atoms with Crippen LogP contribution in [0.25, 0.3) is 11.2 Å². The molecule has 1 unspecified atom stereocenters. The van der Waals surface area contributed by atoms with Crippen molar-refractivity contribution in [1.29, 1.82) is 0 Å². The number of allylic oxidation sites excluding steroid dienone is 3. The average molecular weight is 580 g/mol. The molecule has 40 heavy (non-hydrogen) atoms. The molecule has 12 heteroatoms. The largest absolute Gasteiger partial charge is 0.499 e. The van der Waals surface area contributed by atoms with E-state index in [0.717, 1.165) is 11.1 Å². The molecule has 3 heterocycles. The van der Waals surface area contributed by atoms with Crippen molar-refractivity contribution >= 4 is 52.0 Å². The Kier molecular flexibility index (Phi) is 7.90. The Hall–Kier alpha value is -4.15. The number of carbonyl (C=O) groups excluding carboxylic acids is 1. The highest BCUT2D eigenvalue weighted by Crippen LogP contribution is 2.36. The van der Waals surface area contributed by atoms with Gasteiger partial charge in [-0.15, -0.1) is 16.7 Å². The van der Waals surface area contributed by atoms with Crippen LogP contribution in [-0.4, -0.2) is 53.1 Å². The van der Waals surface area contributed by atoms with Crippen LogP contribution < -0.4 is 21.3 Å². The molecule has 1 aliphatic heterocycles. The molecule has 1 aliphatic carbocycles. The fraction of sp³-hybridized carbons (Fsp3) is 0.250. The summed E-state index contributed by atoms with van der Waals surface area (Å²) in [5.41, 5.74) is 4.46. The second-order valence-corrected chi connectivity index (χ2v) is 9.80. The number of aryl methyl sites for hydroxylation is 2. The first-order valence-corrected chi connectivity index (χ1v) is 13.3. The molecule has 1 atom stereocenters. The molecule has 0 fully saturated rings. The highest BCUT2D eigenvalue weighted by atomic mass is 35.5. The predicted molar refractivity (Wildman–Crippen MR) is 155 cm³/mol. The van der Waals surface area contributed by atoms with Gasteiger partial charge in [-0.1, -0.05) is 30.3 Å². The number of benzene rings is 1. The second-order valence-electron chi connectivity index (χ2n) is 8.98. The molecule has 206 valence electrons. The Morgan fingerprint density at radius 1 is 1.27 bits per heavy atom. The number of nitrogens with zero attached hydrogens (tertiary/aromatic N) is 5. The molecule has 1 amide bonds. The molecular weight excluding hydrogens is 553 g/mol. The third-order valence-electron chi connectivity index (χ3n) is 6.58. The summed E-state index contributed by atoms with van der Waals surface area (Å²) < 4.78 is 12.8. The van der Waals surface area contributed by atoms with E-state index in [1.807, 2.05) is 30.3 Å². The molecule has 0 saturated heterocycles. The number of hydrogen-bond donors (Lipinski definition) is 2. The number of methoxy groups -OCH3 is 2. The first-order chi connectivity index (χ1) is 19.4. The number of guanidine groups is 1. The number of aromatic nitrogens is 3. The number of carbonyl (C=O) groups is 1. The summed E-state index contributed by atoms with van der Waals surface area (Å²) in [6.07, 6.45) is 4.17. The summed E-state index contributed by atoms with van der Waals surface area (Å²) in [6.45, 7) is 3.96. The Morgan fingerprint density at radius 3 is 2.73 bits per heavy atom. The smallest absolute Gasteiger partial charge is 0.247 e. The van der Waals surface area contributed by atoms with Crippen molar-refractivity contribution in [3.8, 4) is 0 Å². The molecule has 5 rings (SSSR count). The SMILES string of the molecule is C=CC(=O)Nc1ccc(CCc2nc3c(=C4C(Cl)=C(OC)C=C(OC)C4Cl)cc4c(n3n2)=NC(=NC)NC4)cc1. The van der Waals surface area contributed by atoms with Crippen molar-refractivity contribution < 1.29 is 14.3 Å². The normalized spacial score (nSPS) is 19.0. The van der Waals surface area contributed by atoms with Gasteiger partial charge in [-0.3, -0.25) is 9.79 Å². The topological polar surface area (TPSA) is 114 Å².